The van der Waals surface area contributed by atoms with Gasteiger partial charge in [0.05, 0.1) is 6.54 Å². The Kier molecular flexibility index (Phi) is 10.1. The number of piperazine rings is 1. The van der Waals surface area contributed by atoms with Gasteiger partial charge in [0, 0.05) is 58.1 Å². The lowest BCUT2D eigenvalue weighted by Crippen LogP contribution is -2.53. The van der Waals surface area contributed by atoms with Crippen LogP contribution in [0.5, 0.6) is 5.75 Å². The van der Waals surface area contributed by atoms with Crippen LogP contribution in [-0.4, -0.2) is 71.4 Å². The van der Waals surface area contributed by atoms with Crippen LogP contribution >= 0.6 is 24.0 Å². The maximum absolute atomic E-state index is 13.2. The molecule has 2 aromatic rings. The Morgan fingerprint density at radius 3 is 2.47 bits per heavy atom. The van der Waals surface area contributed by atoms with E-state index in [0.29, 0.717) is 19.1 Å². The highest BCUT2D eigenvalue weighted by Crippen LogP contribution is 2.30. The molecule has 1 fully saturated rings. The molecular weight excluding hydrogens is 536 g/mol. The third-order valence-electron chi connectivity index (χ3n) is 5.00. The molecule has 1 N–H and O–H groups in total. The molecule has 0 aliphatic carbocycles. The van der Waals surface area contributed by atoms with Crippen LogP contribution in [0.3, 0.4) is 0 Å². The Morgan fingerprint density at radius 2 is 1.84 bits per heavy atom. The number of guanidine groups is 1. The molecule has 0 amide bonds. The number of aromatic nitrogens is 2. The number of alkyl halides is 3. The van der Waals surface area contributed by atoms with Gasteiger partial charge in [-0.1, -0.05) is 18.2 Å². The van der Waals surface area contributed by atoms with E-state index in [1.807, 2.05) is 37.3 Å². The molecule has 0 atom stereocenters. The second-order valence-corrected chi connectivity index (χ2v) is 7.33. The normalized spacial score (nSPS) is 15.4. The van der Waals surface area contributed by atoms with Gasteiger partial charge in [0.15, 0.2) is 11.7 Å². The number of ether oxygens (including phenoxy) is 1. The number of nitrogens with zero attached hydrogens (tertiary/aromatic N) is 5. The van der Waals surface area contributed by atoms with Crippen molar-refractivity contribution in [3.8, 4) is 5.75 Å². The van der Waals surface area contributed by atoms with E-state index >= 15 is 0 Å². The molecule has 1 aliphatic rings. The summed E-state index contributed by atoms with van der Waals surface area (Å²) in [7, 11) is 1.48. The van der Waals surface area contributed by atoms with E-state index in [0.717, 1.165) is 38.5 Å². The van der Waals surface area contributed by atoms with Crippen molar-refractivity contribution >= 4 is 29.9 Å². The summed E-state index contributed by atoms with van der Waals surface area (Å²) in [5, 5.41) is 6.74. The number of rotatable bonds is 7. The molecule has 11 heteroatoms. The van der Waals surface area contributed by atoms with E-state index in [4.69, 9.17) is 4.74 Å². The molecule has 0 spiro atoms. The molecule has 1 aromatic heterocycles. The molecule has 1 aromatic carbocycles. The largest absolute Gasteiger partial charge is 0.492 e. The minimum Gasteiger partial charge on any atom is -0.492 e. The standard InChI is InChI=1S/C21H29F3N6O.HI/c1-3-25-20(26-15-17-16-28(2)27-19(17)21(22,23)24)30-11-9-29(10-12-30)13-14-31-18-7-5-4-6-8-18;/h4-8,16H,3,9-15H2,1-2H3,(H,25,26);1H. The minimum atomic E-state index is -4.49. The number of aliphatic imine (C=N–C) groups is 1. The summed E-state index contributed by atoms with van der Waals surface area (Å²) in [6.45, 7) is 7.11. The quantitative estimate of drug-likeness (QED) is 0.317. The van der Waals surface area contributed by atoms with Gasteiger partial charge in [0.2, 0.25) is 0 Å². The average molecular weight is 566 g/mol. The molecular formula is C21H30F3IN6O. The fraction of sp³-hybridized carbons (Fsp3) is 0.524. The zero-order valence-corrected chi connectivity index (χ0v) is 20.6. The summed E-state index contributed by atoms with van der Waals surface area (Å²) in [6.07, 6.45) is -3.11. The summed E-state index contributed by atoms with van der Waals surface area (Å²) in [4.78, 5) is 8.85. The van der Waals surface area contributed by atoms with Crippen molar-refractivity contribution < 1.29 is 17.9 Å². The van der Waals surface area contributed by atoms with Gasteiger partial charge >= 0.3 is 6.18 Å². The molecule has 3 rings (SSSR count). The Hall–Kier alpha value is -2.02. The third kappa shape index (κ3) is 7.54. The molecule has 0 saturated carbocycles. The van der Waals surface area contributed by atoms with Crippen molar-refractivity contribution in [1.29, 1.82) is 0 Å². The van der Waals surface area contributed by atoms with E-state index in [-0.39, 0.29) is 36.1 Å². The van der Waals surface area contributed by atoms with Crippen LogP contribution in [0.2, 0.25) is 0 Å². The van der Waals surface area contributed by atoms with Gasteiger partial charge in [0.1, 0.15) is 12.4 Å². The zero-order chi connectivity index (χ0) is 22.3. The molecule has 0 bridgehead atoms. The summed E-state index contributed by atoms with van der Waals surface area (Å²) in [5.41, 5.74) is -0.806. The van der Waals surface area contributed by atoms with Crippen LogP contribution in [0.4, 0.5) is 13.2 Å². The molecule has 1 aliphatic heterocycles. The Labute approximate surface area is 203 Å². The second kappa shape index (κ2) is 12.3. The number of aryl methyl sites for hydroxylation is 1. The van der Waals surface area contributed by atoms with E-state index in [1.165, 1.54) is 17.9 Å². The van der Waals surface area contributed by atoms with Crippen molar-refractivity contribution in [2.24, 2.45) is 12.0 Å². The molecule has 178 valence electrons. The number of hydrogen-bond acceptors (Lipinski definition) is 4. The van der Waals surface area contributed by atoms with Crippen LogP contribution in [0.15, 0.2) is 41.5 Å². The predicted octanol–water partition coefficient (Wildman–Crippen LogP) is 3.22. The molecule has 32 heavy (non-hydrogen) atoms. The monoisotopic (exact) mass is 566 g/mol. The van der Waals surface area contributed by atoms with E-state index in [9.17, 15) is 13.2 Å². The summed E-state index contributed by atoms with van der Waals surface area (Å²) in [6, 6.07) is 9.71. The second-order valence-electron chi connectivity index (χ2n) is 7.33. The Morgan fingerprint density at radius 1 is 1.16 bits per heavy atom. The van der Waals surface area contributed by atoms with Crippen LogP contribution in [-0.2, 0) is 19.8 Å². The average Bonchev–Trinajstić information content (AvgIpc) is 3.14. The van der Waals surface area contributed by atoms with Gasteiger partial charge in [0.25, 0.3) is 0 Å². The fourth-order valence-electron chi connectivity index (χ4n) is 3.47. The number of halogens is 4. The minimum absolute atomic E-state index is 0. The first-order valence-electron chi connectivity index (χ1n) is 10.4. The van der Waals surface area contributed by atoms with Crippen LogP contribution < -0.4 is 10.1 Å². The molecule has 0 radical (unpaired) electrons. The van der Waals surface area contributed by atoms with Crippen molar-refractivity contribution in [3.63, 3.8) is 0 Å². The van der Waals surface area contributed by atoms with Crippen LogP contribution in [0.25, 0.3) is 0 Å². The van der Waals surface area contributed by atoms with Crippen LogP contribution in [0, 0.1) is 0 Å². The Balaban J connectivity index is 0.00000363. The van der Waals surface area contributed by atoms with Crippen LogP contribution in [0.1, 0.15) is 18.2 Å². The lowest BCUT2D eigenvalue weighted by Gasteiger charge is -2.36. The van der Waals surface area contributed by atoms with Crippen molar-refractivity contribution in [1.82, 2.24) is 24.9 Å². The Bertz CT molecular complexity index is 851. The number of para-hydroxylation sites is 1. The maximum atomic E-state index is 13.2. The van der Waals surface area contributed by atoms with Gasteiger partial charge in [-0.2, -0.15) is 18.3 Å². The van der Waals surface area contributed by atoms with Gasteiger partial charge in [-0.25, -0.2) is 4.99 Å². The van der Waals surface area contributed by atoms with E-state index in [2.05, 4.69) is 25.2 Å². The lowest BCUT2D eigenvalue weighted by atomic mass is 10.2. The summed E-state index contributed by atoms with van der Waals surface area (Å²) >= 11 is 0. The van der Waals surface area contributed by atoms with Crippen molar-refractivity contribution in [2.45, 2.75) is 19.6 Å². The van der Waals surface area contributed by atoms with E-state index < -0.39 is 11.9 Å². The predicted molar refractivity (Wildman–Crippen MR) is 128 cm³/mol. The van der Waals surface area contributed by atoms with Crippen molar-refractivity contribution in [3.05, 3.63) is 47.8 Å². The molecule has 2 heterocycles. The highest BCUT2D eigenvalue weighted by atomic mass is 127. The summed E-state index contributed by atoms with van der Waals surface area (Å²) < 4.78 is 46.5. The number of benzene rings is 1. The third-order valence-corrected chi connectivity index (χ3v) is 5.00. The smallest absolute Gasteiger partial charge is 0.435 e. The topological polar surface area (TPSA) is 57.9 Å². The van der Waals surface area contributed by atoms with Gasteiger partial charge in [-0.15, -0.1) is 24.0 Å². The van der Waals surface area contributed by atoms with Gasteiger partial charge in [-0.3, -0.25) is 9.58 Å². The molecule has 7 nitrogen and oxygen atoms in total. The zero-order valence-electron chi connectivity index (χ0n) is 18.3. The van der Waals surface area contributed by atoms with Gasteiger partial charge in [-0.05, 0) is 19.1 Å². The van der Waals surface area contributed by atoms with Crippen molar-refractivity contribution in [2.75, 3.05) is 45.9 Å². The maximum Gasteiger partial charge on any atom is 0.435 e. The number of hydrogen-bond donors (Lipinski definition) is 1. The molecule has 0 unspecified atom stereocenters. The SMILES string of the molecule is CCNC(=NCc1cn(C)nc1C(F)(F)F)N1CCN(CCOc2ccccc2)CC1.I. The van der Waals surface area contributed by atoms with Gasteiger partial charge < -0.3 is 15.0 Å². The molecule has 1 saturated heterocycles. The lowest BCUT2D eigenvalue weighted by molar-refractivity contribution is -0.142. The summed E-state index contributed by atoms with van der Waals surface area (Å²) in [5.74, 6) is 1.48. The first-order valence-corrected chi connectivity index (χ1v) is 10.4. The number of nitrogens with one attached hydrogen (secondary N) is 1. The highest BCUT2D eigenvalue weighted by molar-refractivity contribution is 14.0. The fourth-order valence-corrected chi connectivity index (χ4v) is 3.47. The van der Waals surface area contributed by atoms with E-state index in [1.54, 1.807) is 0 Å². The first kappa shape index (κ1) is 26.2. The first-order chi connectivity index (χ1) is 14.9. The highest BCUT2D eigenvalue weighted by Gasteiger charge is 2.36.